The zero-order valence-corrected chi connectivity index (χ0v) is 13.9. The van der Waals surface area contributed by atoms with Gasteiger partial charge in [0.1, 0.15) is 0 Å². The van der Waals surface area contributed by atoms with Gasteiger partial charge in [-0.05, 0) is 30.3 Å². The molecular weight excluding hydrogens is 328 g/mol. The molecule has 1 aromatic heterocycles. The molecule has 6 nitrogen and oxygen atoms in total. The number of nitriles is 1. The zero-order chi connectivity index (χ0) is 18.1. The molecule has 0 aliphatic carbocycles. The van der Waals surface area contributed by atoms with E-state index in [0.29, 0.717) is 29.9 Å². The number of likely N-dealkylation sites (tertiary alicyclic amines) is 1. The minimum absolute atomic E-state index is 0.0649. The van der Waals surface area contributed by atoms with E-state index >= 15 is 0 Å². The second kappa shape index (κ2) is 6.37. The highest BCUT2D eigenvalue weighted by Crippen LogP contribution is 2.24. The number of hydrogen-bond donors (Lipinski definition) is 2. The van der Waals surface area contributed by atoms with Crippen molar-refractivity contribution in [3.05, 3.63) is 65.9 Å². The van der Waals surface area contributed by atoms with Crippen molar-refractivity contribution in [2.75, 3.05) is 18.4 Å². The molecular formula is C20H16N4O2. The van der Waals surface area contributed by atoms with Crippen molar-refractivity contribution in [1.29, 1.82) is 5.26 Å². The predicted molar refractivity (Wildman–Crippen MR) is 97.5 cm³/mol. The van der Waals surface area contributed by atoms with Crippen LogP contribution in [0.2, 0.25) is 0 Å². The molecule has 1 aliphatic heterocycles. The van der Waals surface area contributed by atoms with E-state index in [1.807, 2.05) is 30.3 Å². The molecule has 0 bridgehead atoms. The summed E-state index contributed by atoms with van der Waals surface area (Å²) in [6, 6.07) is 16.4. The Balaban J connectivity index is 1.38. The number of carbonyl (C=O) groups excluding carboxylic acids is 2. The third kappa shape index (κ3) is 2.80. The number of amides is 2. The summed E-state index contributed by atoms with van der Waals surface area (Å²) < 4.78 is 0. The number of benzene rings is 2. The van der Waals surface area contributed by atoms with Gasteiger partial charge in [0.2, 0.25) is 5.91 Å². The number of para-hydroxylation sites is 1. The van der Waals surface area contributed by atoms with Crippen LogP contribution >= 0.6 is 0 Å². The quantitative estimate of drug-likeness (QED) is 0.765. The highest BCUT2D eigenvalue weighted by atomic mass is 16.2. The number of carbonyl (C=O) groups is 2. The number of aromatic amines is 1. The fraction of sp³-hybridized carbons (Fsp3) is 0.150. The van der Waals surface area contributed by atoms with Crippen molar-refractivity contribution in [1.82, 2.24) is 9.88 Å². The second-order valence-electron chi connectivity index (χ2n) is 6.33. The Morgan fingerprint density at radius 2 is 1.85 bits per heavy atom. The summed E-state index contributed by atoms with van der Waals surface area (Å²) in [7, 11) is 0. The van der Waals surface area contributed by atoms with E-state index in [1.165, 1.54) is 0 Å². The number of nitrogens with zero attached hydrogens (tertiary/aromatic N) is 2. The van der Waals surface area contributed by atoms with E-state index in [0.717, 1.165) is 10.9 Å². The number of fused-ring (bicyclic) bond motifs is 1. The molecule has 2 amide bonds. The topological polar surface area (TPSA) is 89.0 Å². The van der Waals surface area contributed by atoms with Crippen molar-refractivity contribution < 1.29 is 9.59 Å². The van der Waals surface area contributed by atoms with Crippen LogP contribution in [-0.4, -0.2) is 34.8 Å². The number of aromatic nitrogens is 1. The molecule has 0 atom stereocenters. The summed E-state index contributed by atoms with van der Waals surface area (Å²) >= 11 is 0. The van der Waals surface area contributed by atoms with Crippen LogP contribution in [0.4, 0.5) is 5.69 Å². The maximum atomic E-state index is 12.6. The predicted octanol–water partition coefficient (Wildman–Crippen LogP) is 2.75. The third-order valence-corrected chi connectivity index (χ3v) is 4.64. The summed E-state index contributed by atoms with van der Waals surface area (Å²) in [6.07, 6.45) is 1.72. The Morgan fingerprint density at radius 3 is 2.58 bits per heavy atom. The van der Waals surface area contributed by atoms with Gasteiger partial charge in [0.25, 0.3) is 5.91 Å². The van der Waals surface area contributed by atoms with E-state index in [9.17, 15) is 9.59 Å². The first-order chi connectivity index (χ1) is 12.7. The summed E-state index contributed by atoms with van der Waals surface area (Å²) in [5.74, 6) is -0.401. The molecule has 4 rings (SSSR count). The van der Waals surface area contributed by atoms with Crippen molar-refractivity contribution >= 4 is 28.4 Å². The maximum Gasteiger partial charge on any atom is 0.256 e. The van der Waals surface area contributed by atoms with Gasteiger partial charge in [-0.25, -0.2) is 0 Å². The number of nitrogens with one attached hydrogen (secondary N) is 2. The molecule has 128 valence electrons. The SMILES string of the molecule is N#Cc1ccc(NC(=O)C2CN(C(=O)c3c[nH]c4ccccc34)C2)cc1. The van der Waals surface area contributed by atoms with E-state index < -0.39 is 0 Å². The highest BCUT2D eigenvalue weighted by molar-refractivity contribution is 6.07. The summed E-state index contributed by atoms with van der Waals surface area (Å²) in [5.41, 5.74) is 2.75. The van der Waals surface area contributed by atoms with Crippen LogP contribution in [0.3, 0.4) is 0 Å². The van der Waals surface area contributed by atoms with Crippen molar-refractivity contribution in [2.24, 2.45) is 5.92 Å². The summed E-state index contributed by atoms with van der Waals surface area (Å²) in [4.78, 5) is 29.7. The molecule has 0 saturated carbocycles. The lowest BCUT2D eigenvalue weighted by atomic mass is 9.97. The van der Waals surface area contributed by atoms with Gasteiger partial charge in [-0.2, -0.15) is 5.26 Å². The van der Waals surface area contributed by atoms with Gasteiger partial charge in [0, 0.05) is 35.9 Å². The van der Waals surface area contributed by atoms with E-state index in [4.69, 9.17) is 5.26 Å². The Bertz CT molecular complexity index is 1020. The van der Waals surface area contributed by atoms with Crippen LogP contribution in [0.1, 0.15) is 15.9 Å². The van der Waals surface area contributed by atoms with Gasteiger partial charge in [0.15, 0.2) is 0 Å². The second-order valence-corrected chi connectivity index (χ2v) is 6.33. The zero-order valence-electron chi connectivity index (χ0n) is 13.9. The Labute approximate surface area is 150 Å². The van der Waals surface area contributed by atoms with Gasteiger partial charge in [-0.1, -0.05) is 18.2 Å². The van der Waals surface area contributed by atoms with E-state index in [2.05, 4.69) is 10.3 Å². The standard InChI is InChI=1S/C20H16N4O2/c21-9-13-5-7-15(8-6-13)23-19(25)14-11-24(12-14)20(26)17-10-22-18-4-2-1-3-16(17)18/h1-8,10,14,22H,11-12H2,(H,23,25). The smallest absolute Gasteiger partial charge is 0.256 e. The molecule has 2 aromatic carbocycles. The van der Waals surface area contributed by atoms with Crippen molar-refractivity contribution in [2.45, 2.75) is 0 Å². The van der Waals surface area contributed by atoms with Gasteiger partial charge >= 0.3 is 0 Å². The van der Waals surface area contributed by atoms with E-state index in [1.54, 1.807) is 35.4 Å². The van der Waals surface area contributed by atoms with Gasteiger partial charge < -0.3 is 15.2 Å². The minimum Gasteiger partial charge on any atom is -0.360 e. The van der Waals surface area contributed by atoms with Crippen LogP contribution in [0.15, 0.2) is 54.7 Å². The van der Waals surface area contributed by atoms with Crippen molar-refractivity contribution in [3.8, 4) is 6.07 Å². The minimum atomic E-state index is -0.222. The Kier molecular flexibility index (Phi) is 3.90. The third-order valence-electron chi connectivity index (χ3n) is 4.64. The molecule has 1 fully saturated rings. The molecule has 6 heteroatoms. The average molecular weight is 344 g/mol. The number of anilines is 1. The van der Waals surface area contributed by atoms with Gasteiger partial charge in [0.05, 0.1) is 23.1 Å². The van der Waals surface area contributed by atoms with E-state index in [-0.39, 0.29) is 17.7 Å². The molecule has 3 aromatic rings. The fourth-order valence-corrected chi connectivity index (χ4v) is 3.10. The Morgan fingerprint density at radius 1 is 1.12 bits per heavy atom. The average Bonchev–Trinajstić information content (AvgIpc) is 3.05. The highest BCUT2D eigenvalue weighted by Gasteiger charge is 2.36. The van der Waals surface area contributed by atoms with Gasteiger partial charge in [-0.15, -0.1) is 0 Å². The molecule has 2 N–H and O–H groups in total. The van der Waals surface area contributed by atoms with Crippen LogP contribution in [-0.2, 0) is 4.79 Å². The first-order valence-electron chi connectivity index (χ1n) is 8.32. The van der Waals surface area contributed by atoms with Crippen LogP contribution < -0.4 is 5.32 Å². The van der Waals surface area contributed by atoms with Crippen LogP contribution in [0.25, 0.3) is 10.9 Å². The number of hydrogen-bond acceptors (Lipinski definition) is 3. The molecule has 0 radical (unpaired) electrons. The van der Waals surface area contributed by atoms with Crippen LogP contribution in [0, 0.1) is 17.2 Å². The monoisotopic (exact) mass is 344 g/mol. The molecule has 26 heavy (non-hydrogen) atoms. The largest absolute Gasteiger partial charge is 0.360 e. The molecule has 2 heterocycles. The Hall–Kier alpha value is -3.59. The first-order valence-corrected chi connectivity index (χ1v) is 8.32. The maximum absolute atomic E-state index is 12.6. The first kappa shape index (κ1) is 15.9. The lowest BCUT2D eigenvalue weighted by Gasteiger charge is -2.38. The molecule has 0 unspecified atom stereocenters. The normalized spacial score (nSPS) is 13.9. The summed E-state index contributed by atoms with van der Waals surface area (Å²) in [5, 5.41) is 12.5. The molecule has 0 spiro atoms. The summed E-state index contributed by atoms with van der Waals surface area (Å²) in [6.45, 7) is 0.806. The fourth-order valence-electron chi connectivity index (χ4n) is 3.10. The molecule has 1 aliphatic rings. The van der Waals surface area contributed by atoms with Crippen molar-refractivity contribution in [3.63, 3.8) is 0 Å². The molecule has 1 saturated heterocycles. The lowest BCUT2D eigenvalue weighted by Crippen LogP contribution is -2.54. The van der Waals surface area contributed by atoms with Crippen LogP contribution in [0.5, 0.6) is 0 Å². The lowest BCUT2D eigenvalue weighted by molar-refractivity contribution is -0.123. The van der Waals surface area contributed by atoms with Gasteiger partial charge in [-0.3, -0.25) is 9.59 Å². The number of rotatable bonds is 3. The number of H-pyrrole nitrogens is 1.